The van der Waals surface area contributed by atoms with Crippen molar-refractivity contribution in [2.24, 2.45) is 0 Å². The number of hydrogen-bond donors (Lipinski definition) is 2. The van der Waals surface area contributed by atoms with Crippen molar-refractivity contribution in [1.82, 2.24) is 9.97 Å². The molecule has 0 radical (unpaired) electrons. The molecule has 30 heavy (non-hydrogen) atoms. The third kappa shape index (κ3) is 3.32. The zero-order valence-electron chi connectivity index (χ0n) is 16.9. The molecule has 2 N–H and O–H groups in total. The Bertz CT molecular complexity index is 1200. The number of anilines is 2. The summed E-state index contributed by atoms with van der Waals surface area (Å²) in [5.41, 5.74) is 6.06. The molecule has 0 saturated heterocycles. The number of carbonyl (C=O) groups excluding carboxylic acids is 1. The topological polar surface area (TPSA) is 61.0 Å². The lowest BCUT2D eigenvalue weighted by atomic mass is 10.1. The summed E-state index contributed by atoms with van der Waals surface area (Å²) in [6.45, 7) is 2.88. The van der Waals surface area contributed by atoms with Crippen LogP contribution in [-0.2, 0) is 12.8 Å². The molecule has 0 spiro atoms. The highest BCUT2D eigenvalue weighted by molar-refractivity contribution is 6.06. The molecule has 4 aromatic rings. The maximum atomic E-state index is 13.1. The van der Waals surface area contributed by atoms with E-state index in [2.05, 4.69) is 52.7 Å². The average molecular weight is 396 g/mol. The summed E-state index contributed by atoms with van der Waals surface area (Å²) in [6.07, 6.45) is 5.61. The van der Waals surface area contributed by atoms with E-state index in [1.54, 1.807) is 6.20 Å². The van der Waals surface area contributed by atoms with Gasteiger partial charge < -0.3 is 15.2 Å². The zero-order chi connectivity index (χ0) is 20.5. The van der Waals surface area contributed by atoms with E-state index >= 15 is 0 Å². The minimum atomic E-state index is -0.0437. The van der Waals surface area contributed by atoms with Crippen LogP contribution < -0.4 is 10.2 Å². The number of pyridine rings is 1. The van der Waals surface area contributed by atoms with E-state index in [9.17, 15) is 4.79 Å². The number of fused-ring (bicyclic) bond motifs is 2. The second-order valence-electron chi connectivity index (χ2n) is 7.83. The Labute approximate surface area is 175 Å². The van der Waals surface area contributed by atoms with Gasteiger partial charge in [-0.25, -0.2) is 4.98 Å². The van der Waals surface area contributed by atoms with E-state index < -0.39 is 0 Å². The molecule has 5 nitrogen and oxygen atoms in total. The van der Waals surface area contributed by atoms with E-state index in [1.165, 1.54) is 16.5 Å². The first-order chi connectivity index (χ1) is 14.7. The minimum Gasteiger partial charge on any atom is -0.383 e. The van der Waals surface area contributed by atoms with Gasteiger partial charge >= 0.3 is 0 Å². The number of hydrogen-bond acceptors (Lipinski definition) is 3. The predicted molar refractivity (Wildman–Crippen MR) is 121 cm³/mol. The number of amides is 1. The van der Waals surface area contributed by atoms with Crippen LogP contribution in [0.1, 0.15) is 28.5 Å². The van der Waals surface area contributed by atoms with Crippen LogP contribution in [0, 0.1) is 0 Å². The van der Waals surface area contributed by atoms with Gasteiger partial charge in [-0.05, 0) is 55.2 Å². The number of rotatable bonds is 5. The number of nitrogens with one attached hydrogen (secondary N) is 2. The molecule has 5 heteroatoms. The second-order valence-corrected chi connectivity index (χ2v) is 7.83. The van der Waals surface area contributed by atoms with Crippen LogP contribution in [0.5, 0.6) is 0 Å². The van der Waals surface area contributed by atoms with Gasteiger partial charge in [0.2, 0.25) is 0 Å². The predicted octanol–water partition coefficient (Wildman–Crippen LogP) is 4.81. The lowest BCUT2D eigenvalue weighted by molar-refractivity contribution is 0.0976. The first-order valence-electron chi connectivity index (χ1n) is 10.4. The molecule has 0 saturated carbocycles. The Morgan fingerprint density at radius 1 is 1.13 bits per heavy atom. The van der Waals surface area contributed by atoms with Crippen LogP contribution in [0.25, 0.3) is 10.9 Å². The maximum absolute atomic E-state index is 13.1. The van der Waals surface area contributed by atoms with Crippen molar-refractivity contribution in [3.63, 3.8) is 0 Å². The van der Waals surface area contributed by atoms with Gasteiger partial charge in [-0.3, -0.25) is 4.79 Å². The van der Waals surface area contributed by atoms with Crippen LogP contribution in [0.15, 0.2) is 73.1 Å². The van der Waals surface area contributed by atoms with Crippen molar-refractivity contribution in [3.8, 4) is 0 Å². The number of nitrogens with zero attached hydrogens (tertiary/aromatic N) is 2. The molecule has 2 aromatic heterocycles. The SMILES string of the molecule is CC1Cc2ccccc2N1C(=O)c1ccc(NCCc2c[nH]c3ccccc23)cn1. The molecule has 1 amide bonds. The highest BCUT2D eigenvalue weighted by Crippen LogP contribution is 2.32. The first kappa shape index (κ1) is 18.4. The smallest absolute Gasteiger partial charge is 0.277 e. The summed E-state index contributed by atoms with van der Waals surface area (Å²) >= 11 is 0. The van der Waals surface area contributed by atoms with E-state index in [0.29, 0.717) is 5.69 Å². The lowest BCUT2D eigenvalue weighted by Gasteiger charge is -2.22. The van der Waals surface area contributed by atoms with Gasteiger partial charge in [-0.1, -0.05) is 36.4 Å². The van der Waals surface area contributed by atoms with E-state index in [-0.39, 0.29) is 11.9 Å². The highest BCUT2D eigenvalue weighted by atomic mass is 16.2. The average Bonchev–Trinajstić information content (AvgIpc) is 3.34. The number of aromatic nitrogens is 2. The Kier molecular flexibility index (Phi) is 4.71. The Balaban J connectivity index is 1.24. The fraction of sp³-hybridized carbons (Fsp3) is 0.200. The van der Waals surface area contributed by atoms with Gasteiger partial charge in [0.25, 0.3) is 5.91 Å². The molecule has 1 unspecified atom stereocenters. The molecule has 0 bridgehead atoms. The van der Waals surface area contributed by atoms with E-state index in [4.69, 9.17) is 0 Å². The second kappa shape index (κ2) is 7.67. The minimum absolute atomic E-state index is 0.0437. The largest absolute Gasteiger partial charge is 0.383 e. The Hall–Kier alpha value is -3.60. The summed E-state index contributed by atoms with van der Waals surface area (Å²) in [4.78, 5) is 22.7. The molecular weight excluding hydrogens is 372 g/mol. The number of benzene rings is 2. The Morgan fingerprint density at radius 3 is 2.83 bits per heavy atom. The normalized spacial score (nSPS) is 15.4. The summed E-state index contributed by atoms with van der Waals surface area (Å²) in [6, 6.07) is 20.3. The fourth-order valence-corrected chi connectivity index (χ4v) is 4.30. The molecule has 1 atom stereocenters. The molecule has 150 valence electrons. The summed E-state index contributed by atoms with van der Waals surface area (Å²) in [5.74, 6) is -0.0437. The molecule has 2 aromatic carbocycles. The van der Waals surface area contributed by atoms with E-state index in [0.717, 1.165) is 36.3 Å². The van der Waals surface area contributed by atoms with Crippen LogP contribution in [-0.4, -0.2) is 28.5 Å². The number of para-hydroxylation sites is 2. The maximum Gasteiger partial charge on any atom is 0.277 e. The summed E-state index contributed by atoms with van der Waals surface area (Å²) in [5, 5.41) is 4.67. The van der Waals surface area contributed by atoms with Gasteiger partial charge in [0, 0.05) is 35.4 Å². The number of aromatic amines is 1. The molecular formula is C25H24N4O. The summed E-state index contributed by atoms with van der Waals surface area (Å²) in [7, 11) is 0. The van der Waals surface area contributed by atoms with Crippen molar-refractivity contribution in [1.29, 1.82) is 0 Å². The Morgan fingerprint density at radius 2 is 1.97 bits per heavy atom. The van der Waals surface area contributed by atoms with Crippen LogP contribution >= 0.6 is 0 Å². The van der Waals surface area contributed by atoms with Gasteiger partial charge in [0.15, 0.2) is 0 Å². The van der Waals surface area contributed by atoms with Crippen molar-refractivity contribution in [3.05, 3.63) is 89.9 Å². The molecule has 0 aliphatic carbocycles. The van der Waals surface area contributed by atoms with Crippen molar-refractivity contribution in [2.45, 2.75) is 25.8 Å². The van der Waals surface area contributed by atoms with Crippen molar-refractivity contribution in [2.75, 3.05) is 16.8 Å². The monoisotopic (exact) mass is 396 g/mol. The van der Waals surface area contributed by atoms with E-state index in [1.807, 2.05) is 41.3 Å². The summed E-state index contributed by atoms with van der Waals surface area (Å²) < 4.78 is 0. The standard InChI is InChI=1S/C25H24N4O/c1-17-14-18-6-2-5-9-24(18)29(17)25(30)23-11-10-20(16-28-23)26-13-12-19-15-27-22-8-4-3-7-21(19)22/h2-11,15-17,26-27H,12-14H2,1H3. The molecule has 5 rings (SSSR count). The molecule has 1 aliphatic rings. The van der Waals surface area contributed by atoms with Crippen LogP contribution in [0.2, 0.25) is 0 Å². The third-order valence-corrected chi connectivity index (χ3v) is 5.81. The third-order valence-electron chi connectivity index (χ3n) is 5.81. The zero-order valence-corrected chi connectivity index (χ0v) is 16.9. The quantitative estimate of drug-likeness (QED) is 0.509. The van der Waals surface area contributed by atoms with Gasteiger partial charge in [0.1, 0.15) is 5.69 Å². The van der Waals surface area contributed by atoms with Crippen LogP contribution in [0.3, 0.4) is 0 Å². The molecule has 0 fully saturated rings. The number of H-pyrrole nitrogens is 1. The van der Waals surface area contributed by atoms with Crippen LogP contribution in [0.4, 0.5) is 11.4 Å². The molecule has 1 aliphatic heterocycles. The van der Waals surface area contributed by atoms with Gasteiger partial charge in [0.05, 0.1) is 11.9 Å². The van der Waals surface area contributed by atoms with Gasteiger partial charge in [-0.2, -0.15) is 0 Å². The van der Waals surface area contributed by atoms with Crippen molar-refractivity contribution < 1.29 is 4.79 Å². The fourth-order valence-electron chi connectivity index (χ4n) is 4.30. The lowest BCUT2D eigenvalue weighted by Crippen LogP contribution is -2.36. The van der Waals surface area contributed by atoms with Gasteiger partial charge in [-0.15, -0.1) is 0 Å². The van der Waals surface area contributed by atoms with Crippen molar-refractivity contribution >= 4 is 28.2 Å². The first-order valence-corrected chi connectivity index (χ1v) is 10.4. The number of carbonyl (C=O) groups is 1. The highest BCUT2D eigenvalue weighted by Gasteiger charge is 2.31. The molecule has 3 heterocycles.